The molecule has 0 aliphatic carbocycles. The molecule has 0 bridgehead atoms. The molecule has 0 saturated heterocycles. The van der Waals surface area contributed by atoms with E-state index in [9.17, 15) is 0 Å². The number of hydrogen-bond acceptors (Lipinski definition) is 4. The van der Waals surface area contributed by atoms with Crippen molar-refractivity contribution < 1.29 is 30.2 Å². The molecule has 6 nitrogen and oxygen atoms in total. The zero-order chi connectivity index (χ0) is 35.0. The Bertz CT molecular complexity index is 2790. The Kier molecular flexibility index (Phi) is 8.19. The van der Waals surface area contributed by atoms with Crippen LogP contribution in [0.1, 0.15) is 43.0 Å². The van der Waals surface area contributed by atoms with Crippen molar-refractivity contribution in [3.8, 4) is 34.3 Å². The predicted octanol–water partition coefficient (Wildman–Crippen LogP) is 11.5. The Morgan fingerprint density at radius 3 is 2.31 bits per heavy atom. The number of rotatable bonds is 5. The summed E-state index contributed by atoms with van der Waals surface area (Å²) in [5, 5.41) is 9.24. The number of ether oxygens (including phenoxy) is 1. The van der Waals surface area contributed by atoms with Crippen molar-refractivity contribution in [3.05, 3.63) is 144 Å². The van der Waals surface area contributed by atoms with Crippen LogP contribution in [-0.4, -0.2) is 19.3 Å². The maximum absolute atomic E-state index is 6.47. The molecule has 7 heteroatoms. The first kappa shape index (κ1) is 33.7. The number of benzene rings is 5. The monoisotopic (exact) mass is 859 g/mol. The number of nitrogens with zero attached hydrogens (tertiary/aromatic N) is 4. The maximum Gasteiger partial charge on any atom is 2.00 e. The largest absolute Gasteiger partial charge is 2.00 e. The fourth-order valence-electron chi connectivity index (χ4n) is 7.37. The number of para-hydroxylation sites is 1. The Balaban J connectivity index is 0.00000387. The molecule has 0 aliphatic heterocycles. The van der Waals surface area contributed by atoms with Crippen LogP contribution in [0.25, 0.3) is 66.5 Å². The molecule has 9 aromatic rings. The Morgan fingerprint density at radius 1 is 0.712 bits per heavy atom. The second-order valence-electron chi connectivity index (χ2n) is 14.5. The number of pyridine rings is 1. The summed E-state index contributed by atoms with van der Waals surface area (Å²) >= 11 is 0. The molecule has 5 aromatic carbocycles. The van der Waals surface area contributed by atoms with Gasteiger partial charge in [-0.15, -0.1) is 35.7 Å². The second-order valence-corrected chi connectivity index (χ2v) is 14.5. The summed E-state index contributed by atoms with van der Waals surface area (Å²) in [6.45, 7) is 13.0. The van der Waals surface area contributed by atoms with Crippen molar-refractivity contribution in [2.75, 3.05) is 0 Å². The maximum atomic E-state index is 6.47. The van der Waals surface area contributed by atoms with Crippen molar-refractivity contribution in [3.63, 3.8) is 0 Å². The minimum Gasteiger partial charge on any atom is -0.509 e. The molecule has 0 atom stereocenters. The fourth-order valence-corrected chi connectivity index (χ4v) is 7.37. The summed E-state index contributed by atoms with van der Waals surface area (Å²) in [7, 11) is 0. The first-order chi connectivity index (χ1) is 24.6. The smallest absolute Gasteiger partial charge is 0.509 e. The van der Waals surface area contributed by atoms with E-state index in [2.05, 4.69) is 113 Å². The van der Waals surface area contributed by atoms with Crippen LogP contribution in [-0.2, 0) is 26.5 Å². The van der Waals surface area contributed by atoms with Gasteiger partial charge in [-0.3, -0.25) is 4.68 Å². The van der Waals surface area contributed by atoms with Crippen LogP contribution in [0.15, 0.2) is 114 Å². The molecule has 0 saturated carbocycles. The second kappa shape index (κ2) is 12.6. The van der Waals surface area contributed by atoms with Crippen LogP contribution in [0, 0.1) is 32.9 Å². The van der Waals surface area contributed by atoms with E-state index in [4.69, 9.17) is 19.2 Å². The minimum atomic E-state index is -0.0472. The van der Waals surface area contributed by atoms with Gasteiger partial charge in [0.15, 0.2) is 0 Å². The first-order valence-corrected chi connectivity index (χ1v) is 17.2. The average molecular weight is 860 g/mol. The van der Waals surface area contributed by atoms with Crippen LogP contribution < -0.4 is 4.74 Å². The summed E-state index contributed by atoms with van der Waals surface area (Å²) in [6, 6.07) is 40.2. The van der Waals surface area contributed by atoms with Crippen molar-refractivity contribution in [2.45, 2.75) is 47.0 Å². The molecule has 9 rings (SSSR count). The van der Waals surface area contributed by atoms with E-state index < -0.39 is 0 Å². The third-order valence-corrected chi connectivity index (χ3v) is 9.73. The van der Waals surface area contributed by atoms with Gasteiger partial charge in [-0.25, -0.2) is 4.98 Å². The van der Waals surface area contributed by atoms with Gasteiger partial charge in [0.25, 0.3) is 0 Å². The molecular weight excluding hydrogens is 824 g/mol. The number of aryl methyl sites for hydroxylation is 3. The minimum absolute atomic E-state index is 0. The number of fused-ring (bicyclic) bond motifs is 6. The standard InChI is InChI=1S/C45H36N4O2.Pt/c1-27-20-28(2)44(29(3)21-27)38-17-19-48(47-38)31-10-9-11-32(23-31)50-33-14-15-34-36-25-37-35-12-7-8-13-41(35)51-42(37)26-40(36)49(39(34)24-33)43-22-30(16-18-46-43)45(4,5)6;/h7-22,25-26H,1-6H3;/q-2;+2. The molecule has 4 heterocycles. The fraction of sp³-hybridized carbons (Fsp3) is 0.156. The Morgan fingerprint density at radius 2 is 1.50 bits per heavy atom. The predicted molar refractivity (Wildman–Crippen MR) is 206 cm³/mol. The van der Waals surface area contributed by atoms with Crippen LogP contribution in [0.4, 0.5) is 0 Å². The van der Waals surface area contributed by atoms with E-state index in [1.54, 1.807) is 0 Å². The van der Waals surface area contributed by atoms with Gasteiger partial charge in [0, 0.05) is 51.8 Å². The molecule has 52 heavy (non-hydrogen) atoms. The van der Waals surface area contributed by atoms with Gasteiger partial charge in [0.2, 0.25) is 0 Å². The van der Waals surface area contributed by atoms with Gasteiger partial charge in [-0.05, 0) is 78.2 Å². The number of hydrogen-bond donors (Lipinski definition) is 0. The van der Waals surface area contributed by atoms with Crippen LogP contribution in [0.3, 0.4) is 0 Å². The van der Waals surface area contributed by atoms with Crippen LogP contribution in [0.2, 0.25) is 0 Å². The SMILES string of the molecule is Cc1cc(C)c(-c2ccn(-c3[c-]c(Oc4[c-]c5c(cc4)c4cc6c(cc4n5-c4cc(C(C)(C)C)ccn4)oc4ccccc46)ccc3)n2)c(C)c1.[Pt+2]. The van der Waals surface area contributed by atoms with E-state index in [0.717, 1.165) is 66.5 Å². The van der Waals surface area contributed by atoms with E-state index in [1.807, 2.05) is 59.5 Å². The molecule has 0 radical (unpaired) electrons. The molecule has 0 spiro atoms. The van der Waals surface area contributed by atoms with E-state index in [0.29, 0.717) is 11.5 Å². The normalized spacial score (nSPS) is 11.9. The van der Waals surface area contributed by atoms with E-state index in [1.165, 1.54) is 22.3 Å². The zero-order valence-corrected chi connectivity index (χ0v) is 32.1. The summed E-state index contributed by atoms with van der Waals surface area (Å²) in [5.74, 6) is 1.96. The number of aromatic nitrogens is 4. The van der Waals surface area contributed by atoms with Crippen LogP contribution >= 0.6 is 0 Å². The van der Waals surface area contributed by atoms with Crippen molar-refractivity contribution in [1.29, 1.82) is 0 Å². The molecule has 0 fully saturated rings. The van der Waals surface area contributed by atoms with Gasteiger partial charge in [0.1, 0.15) is 17.0 Å². The van der Waals surface area contributed by atoms with Crippen molar-refractivity contribution in [2.24, 2.45) is 0 Å². The molecule has 0 unspecified atom stereocenters. The summed E-state index contributed by atoms with van der Waals surface area (Å²) < 4.78 is 16.8. The Hall–Kier alpha value is -5.45. The zero-order valence-electron chi connectivity index (χ0n) is 29.8. The molecular formula is C45H36N4O2Pt. The number of furan rings is 1. The molecule has 0 N–H and O–H groups in total. The quantitative estimate of drug-likeness (QED) is 0.162. The van der Waals surface area contributed by atoms with E-state index >= 15 is 0 Å². The van der Waals surface area contributed by atoms with Crippen LogP contribution in [0.5, 0.6) is 11.5 Å². The van der Waals surface area contributed by atoms with Gasteiger partial charge in [-0.2, -0.15) is 17.2 Å². The van der Waals surface area contributed by atoms with Gasteiger partial charge < -0.3 is 13.7 Å². The van der Waals surface area contributed by atoms with Crippen molar-refractivity contribution in [1.82, 2.24) is 19.3 Å². The van der Waals surface area contributed by atoms with Crippen molar-refractivity contribution >= 4 is 43.7 Å². The third-order valence-electron chi connectivity index (χ3n) is 9.73. The molecule has 258 valence electrons. The first-order valence-electron chi connectivity index (χ1n) is 17.2. The topological polar surface area (TPSA) is 58.0 Å². The summed E-state index contributed by atoms with van der Waals surface area (Å²) in [6.07, 6.45) is 3.86. The van der Waals surface area contributed by atoms with Gasteiger partial charge >= 0.3 is 21.1 Å². The van der Waals surface area contributed by atoms with Gasteiger partial charge in [0.05, 0.1) is 5.69 Å². The van der Waals surface area contributed by atoms with Gasteiger partial charge in [-0.1, -0.05) is 68.2 Å². The molecule has 0 aliphatic rings. The summed E-state index contributed by atoms with van der Waals surface area (Å²) in [4.78, 5) is 4.87. The molecule has 4 aromatic heterocycles. The molecule has 0 amide bonds. The Labute approximate surface area is 316 Å². The third kappa shape index (κ3) is 5.72. The summed E-state index contributed by atoms with van der Waals surface area (Å²) in [5.41, 5.74) is 11.3. The van der Waals surface area contributed by atoms with E-state index in [-0.39, 0.29) is 26.5 Å². The average Bonchev–Trinajstić information content (AvgIpc) is 3.81.